The molecule has 0 saturated carbocycles. The van der Waals surface area contributed by atoms with Crippen molar-refractivity contribution in [3.05, 3.63) is 34.9 Å². The lowest BCUT2D eigenvalue weighted by atomic mass is 10.1. The van der Waals surface area contributed by atoms with Gasteiger partial charge in [-0.3, -0.25) is 9.69 Å². The maximum atomic E-state index is 11.0. The van der Waals surface area contributed by atoms with Crippen molar-refractivity contribution in [1.29, 1.82) is 0 Å². The minimum Gasteiger partial charge on any atom is -0.480 e. The van der Waals surface area contributed by atoms with E-state index >= 15 is 0 Å². The van der Waals surface area contributed by atoms with Crippen LogP contribution in [0.5, 0.6) is 0 Å². The lowest BCUT2D eigenvalue weighted by molar-refractivity contribution is -0.142. The molecule has 2 rings (SSSR count). The molecule has 18 heavy (non-hydrogen) atoms. The quantitative estimate of drug-likeness (QED) is 0.892. The van der Waals surface area contributed by atoms with Crippen molar-refractivity contribution in [2.75, 3.05) is 13.1 Å². The summed E-state index contributed by atoms with van der Waals surface area (Å²) in [4.78, 5) is 13.1. The summed E-state index contributed by atoms with van der Waals surface area (Å²) in [5, 5.41) is 9.83. The summed E-state index contributed by atoms with van der Waals surface area (Å²) in [7, 11) is 0. The zero-order valence-electron chi connectivity index (χ0n) is 10.3. The standard InChI is InChI=1S/C14H18ClNO2/c15-12-7-5-11(6-8-12)3-1-9-16-10-2-4-13(16)14(17)18/h5-8,13H,1-4,9-10H2,(H,17,18)/t13-/m1/s1. The van der Waals surface area contributed by atoms with Crippen LogP contribution in [-0.4, -0.2) is 35.1 Å². The molecular formula is C14H18ClNO2. The number of carboxylic acids is 1. The van der Waals surface area contributed by atoms with Crippen molar-refractivity contribution in [2.24, 2.45) is 0 Å². The normalized spacial score (nSPS) is 20.2. The predicted octanol–water partition coefficient (Wildman–Crippen LogP) is 2.82. The van der Waals surface area contributed by atoms with E-state index in [0.29, 0.717) is 0 Å². The van der Waals surface area contributed by atoms with Gasteiger partial charge in [-0.1, -0.05) is 23.7 Å². The first kappa shape index (κ1) is 13.4. The van der Waals surface area contributed by atoms with Gasteiger partial charge < -0.3 is 5.11 Å². The summed E-state index contributed by atoms with van der Waals surface area (Å²) >= 11 is 5.83. The highest BCUT2D eigenvalue weighted by Crippen LogP contribution is 2.18. The minimum absolute atomic E-state index is 0.268. The Morgan fingerprint density at radius 1 is 1.39 bits per heavy atom. The van der Waals surface area contributed by atoms with Gasteiger partial charge in [0.05, 0.1) is 0 Å². The van der Waals surface area contributed by atoms with E-state index in [2.05, 4.69) is 4.90 Å². The van der Waals surface area contributed by atoms with Gasteiger partial charge in [0.1, 0.15) is 6.04 Å². The van der Waals surface area contributed by atoms with Gasteiger partial charge in [0.2, 0.25) is 0 Å². The first-order valence-corrected chi connectivity index (χ1v) is 6.76. The van der Waals surface area contributed by atoms with Crippen molar-refractivity contribution < 1.29 is 9.90 Å². The Hall–Kier alpha value is -1.06. The van der Waals surface area contributed by atoms with E-state index in [0.717, 1.165) is 43.8 Å². The Balaban J connectivity index is 1.78. The molecule has 0 unspecified atom stereocenters. The molecule has 0 aliphatic carbocycles. The topological polar surface area (TPSA) is 40.5 Å². The largest absolute Gasteiger partial charge is 0.480 e. The molecule has 0 spiro atoms. The van der Waals surface area contributed by atoms with Crippen LogP contribution in [-0.2, 0) is 11.2 Å². The number of aryl methyl sites for hydroxylation is 1. The SMILES string of the molecule is O=C(O)[C@H]1CCCN1CCCc1ccc(Cl)cc1. The Kier molecular flexibility index (Phi) is 4.61. The van der Waals surface area contributed by atoms with Gasteiger partial charge in [-0.25, -0.2) is 0 Å². The van der Waals surface area contributed by atoms with Crippen LogP contribution < -0.4 is 0 Å². The maximum absolute atomic E-state index is 11.0. The van der Waals surface area contributed by atoms with E-state index in [-0.39, 0.29) is 6.04 Å². The number of benzene rings is 1. The third-order valence-corrected chi connectivity index (χ3v) is 3.72. The lowest BCUT2D eigenvalue weighted by Crippen LogP contribution is -2.36. The van der Waals surface area contributed by atoms with Crippen molar-refractivity contribution in [3.8, 4) is 0 Å². The van der Waals surface area contributed by atoms with E-state index in [1.165, 1.54) is 5.56 Å². The molecule has 1 aliphatic rings. The predicted molar refractivity (Wildman–Crippen MR) is 72.0 cm³/mol. The van der Waals surface area contributed by atoms with Crippen molar-refractivity contribution >= 4 is 17.6 Å². The Bertz CT molecular complexity index is 405. The van der Waals surface area contributed by atoms with Gasteiger partial charge in [-0.2, -0.15) is 0 Å². The second-order valence-electron chi connectivity index (χ2n) is 4.76. The number of hydrogen-bond acceptors (Lipinski definition) is 2. The molecule has 1 fully saturated rings. The number of rotatable bonds is 5. The summed E-state index contributed by atoms with van der Waals surface area (Å²) in [6.07, 6.45) is 3.75. The minimum atomic E-state index is -0.681. The zero-order valence-corrected chi connectivity index (χ0v) is 11.1. The molecule has 0 bridgehead atoms. The molecule has 3 nitrogen and oxygen atoms in total. The van der Waals surface area contributed by atoms with Crippen LogP contribution in [0.15, 0.2) is 24.3 Å². The van der Waals surface area contributed by atoms with E-state index < -0.39 is 5.97 Å². The van der Waals surface area contributed by atoms with Crippen LogP contribution in [0.4, 0.5) is 0 Å². The number of likely N-dealkylation sites (tertiary alicyclic amines) is 1. The van der Waals surface area contributed by atoms with Gasteiger partial charge in [0.15, 0.2) is 0 Å². The van der Waals surface area contributed by atoms with E-state index in [4.69, 9.17) is 16.7 Å². The van der Waals surface area contributed by atoms with Gasteiger partial charge in [0.25, 0.3) is 0 Å². The van der Waals surface area contributed by atoms with E-state index in [1.54, 1.807) is 0 Å². The van der Waals surface area contributed by atoms with Crippen LogP contribution in [0.25, 0.3) is 0 Å². The zero-order chi connectivity index (χ0) is 13.0. The molecule has 98 valence electrons. The first-order chi connectivity index (χ1) is 8.66. The Morgan fingerprint density at radius 2 is 2.11 bits per heavy atom. The molecular weight excluding hydrogens is 250 g/mol. The van der Waals surface area contributed by atoms with Gasteiger partial charge in [-0.05, 0) is 56.5 Å². The number of carbonyl (C=O) groups is 1. The number of halogens is 1. The Labute approximate surface area is 112 Å². The molecule has 1 aromatic carbocycles. The molecule has 1 saturated heterocycles. The second kappa shape index (κ2) is 6.21. The molecule has 1 atom stereocenters. The third kappa shape index (κ3) is 3.47. The highest BCUT2D eigenvalue weighted by Gasteiger charge is 2.29. The number of nitrogens with zero attached hydrogens (tertiary/aromatic N) is 1. The molecule has 0 aromatic heterocycles. The van der Waals surface area contributed by atoms with E-state index in [1.807, 2.05) is 24.3 Å². The maximum Gasteiger partial charge on any atom is 0.320 e. The molecule has 1 N–H and O–H groups in total. The highest BCUT2D eigenvalue weighted by molar-refractivity contribution is 6.30. The first-order valence-electron chi connectivity index (χ1n) is 6.38. The van der Waals surface area contributed by atoms with E-state index in [9.17, 15) is 4.79 Å². The number of carboxylic acid groups (broad SMARTS) is 1. The van der Waals surface area contributed by atoms with Crippen LogP contribution >= 0.6 is 11.6 Å². The highest BCUT2D eigenvalue weighted by atomic mass is 35.5. The molecule has 1 aliphatic heterocycles. The molecule has 0 radical (unpaired) electrons. The van der Waals surface area contributed by atoms with Gasteiger partial charge >= 0.3 is 5.97 Å². The summed E-state index contributed by atoms with van der Waals surface area (Å²) in [6, 6.07) is 7.58. The summed E-state index contributed by atoms with van der Waals surface area (Å²) < 4.78 is 0. The van der Waals surface area contributed by atoms with Crippen molar-refractivity contribution in [1.82, 2.24) is 4.90 Å². The Morgan fingerprint density at radius 3 is 2.78 bits per heavy atom. The lowest BCUT2D eigenvalue weighted by Gasteiger charge is -2.20. The molecule has 1 aromatic rings. The van der Waals surface area contributed by atoms with Gasteiger partial charge in [0, 0.05) is 5.02 Å². The summed E-state index contributed by atoms with van der Waals surface area (Å²) in [5.74, 6) is -0.681. The summed E-state index contributed by atoms with van der Waals surface area (Å²) in [6.45, 7) is 1.77. The molecule has 0 amide bonds. The fraction of sp³-hybridized carbons (Fsp3) is 0.500. The smallest absolute Gasteiger partial charge is 0.320 e. The molecule has 1 heterocycles. The average molecular weight is 268 g/mol. The van der Waals surface area contributed by atoms with Crippen molar-refractivity contribution in [2.45, 2.75) is 31.7 Å². The van der Waals surface area contributed by atoms with Crippen molar-refractivity contribution in [3.63, 3.8) is 0 Å². The van der Waals surface area contributed by atoms with Crippen LogP contribution in [0.1, 0.15) is 24.8 Å². The number of aliphatic carboxylic acids is 1. The fourth-order valence-electron chi connectivity index (χ4n) is 2.51. The molecule has 4 heteroatoms. The fourth-order valence-corrected chi connectivity index (χ4v) is 2.64. The third-order valence-electron chi connectivity index (χ3n) is 3.47. The van der Waals surface area contributed by atoms with Gasteiger partial charge in [-0.15, -0.1) is 0 Å². The van der Waals surface area contributed by atoms with Crippen LogP contribution in [0.2, 0.25) is 5.02 Å². The monoisotopic (exact) mass is 267 g/mol. The number of hydrogen-bond donors (Lipinski definition) is 1. The summed E-state index contributed by atoms with van der Waals surface area (Å²) in [5.41, 5.74) is 1.26. The van der Waals surface area contributed by atoms with Crippen LogP contribution in [0.3, 0.4) is 0 Å². The van der Waals surface area contributed by atoms with Crippen LogP contribution in [0, 0.1) is 0 Å². The average Bonchev–Trinajstić information content (AvgIpc) is 2.80. The second-order valence-corrected chi connectivity index (χ2v) is 5.20.